The number of hydrogen-bond donors (Lipinski definition) is 0. The maximum atomic E-state index is 12.8. The van der Waals surface area contributed by atoms with Crippen LogP contribution in [0.25, 0.3) is 22.5 Å². The molecule has 0 aliphatic carbocycles. The molecule has 114 valence electrons. The maximum Gasteiger partial charge on any atom is 0.235 e. The first-order valence-corrected chi connectivity index (χ1v) is 7.45. The van der Waals surface area contributed by atoms with E-state index in [0.717, 1.165) is 18.4 Å². The molecule has 0 saturated heterocycles. The molecular weight excluding hydrogens is 280 g/mol. The average Bonchev–Trinajstić information content (AvgIpc) is 3.04. The van der Waals surface area contributed by atoms with Crippen LogP contribution in [0.3, 0.4) is 0 Å². The Morgan fingerprint density at radius 3 is 2.82 bits per heavy atom. The molecule has 3 aromatic rings. The Bertz CT molecular complexity index is 828. The van der Waals surface area contributed by atoms with Crippen molar-refractivity contribution < 1.29 is 13.6 Å². The Kier molecular flexibility index (Phi) is 4.00. The van der Waals surface area contributed by atoms with Crippen LogP contribution in [0.1, 0.15) is 25.3 Å². The molecule has 0 N–H and O–H groups in total. The quantitative estimate of drug-likeness (QED) is 0.649. The van der Waals surface area contributed by atoms with Gasteiger partial charge in [-0.1, -0.05) is 25.0 Å². The van der Waals surface area contributed by atoms with Crippen LogP contribution in [0, 0.1) is 6.92 Å². The van der Waals surface area contributed by atoms with Gasteiger partial charge in [-0.2, -0.15) is 0 Å². The normalized spacial score (nSPS) is 11.0. The minimum Gasteiger partial charge on any atom is -0.486 e. The van der Waals surface area contributed by atoms with Gasteiger partial charge in [0.25, 0.3) is 0 Å². The molecule has 0 unspecified atom stereocenters. The van der Waals surface area contributed by atoms with Gasteiger partial charge >= 0.3 is 0 Å². The molecule has 0 amide bonds. The Morgan fingerprint density at radius 2 is 2.09 bits per heavy atom. The van der Waals surface area contributed by atoms with Gasteiger partial charge in [0.1, 0.15) is 5.58 Å². The van der Waals surface area contributed by atoms with Gasteiger partial charge in [-0.05, 0) is 37.6 Å². The van der Waals surface area contributed by atoms with Gasteiger partial charge in [0, 0.05) is 0 Å². The molecule has 3 rings (SSSR count). The summed E-state index contributed by atoms with van der Waals surface area (Å²) in [4.78, 5) is 12.8. The van der Waals surface area contributed by atoms with Crippen molar-refractivity contribution in [3.05, 3.63) is 52.4 Å². The SMILES string of the molecule is CCCCOc1c(-c2ccco2)oc2ccc(C)cc2c1=O. The number of benzene rings is 1. The summed E-state index contributed by atoms with van der Waals surface area (Å²) in [6.45, 7) is 4.49. The summed E-state index contributed by atoms with van der Waals surface area (Å²) in [6, 6.07) is 9.04. The second kappa shape index (κ2) is 6.10. The van der Waals surface area contributed by atoms with Gasteiger partial charge in [-0.3, -0.25) is 4.79 Å². The standard InChI is InChI=1S/C18H18O4/c1-3-4-9-21-18-16(19)13-11-12(2)7-8-14(13)22-17(18)15-6-5-10-20-15/h5-8,10-11H,3-4,9H2,1-2H3. The van der Waals surface area contributed by atoms with Crippen LogP contribution in [0.2, 0.25) is 0 Å². The monoisotopic (exact) mass is 298 g/mol. The van der Waals surface area contributed by atoms with Crippen molar-refractivity contribution in [2.24, 2.45) is 0 Å². The van der Waals surface area contributed by atoms with Crippen molar-refractivity contribution in [2.75, 3.05) is 6.61 Å². The van der Waals surface area contributed by atoms with Gasteiger partial charge in [-0.25, -0.2) is 0 Å². The fourth-order valence-corrected chi connectivity index (χ4v) is 2.31. The molecule has 4 heteroatoms. The van der Waals surface area contributed by atoms with E-state index in [1.807, 2.05) is 19.1 Å². The van der Waals surface area contributed by atoms with Crippen molar-refractivity contribution in [1.29, 1.82) is 0 Å². The zero-order chi connectivity index (χ0) is 15.5. The highest BCUT2D eigenvalue weighted by atomic mass is 16.5. The third kappa shape index (κ3) is 2.64. The van der Waals surface area contributed by atoms with E-state index in [-0.39, 0.29) is 11.2 Å². The molecule has 22 heavy (non-hydrogen) atoms. The van der Waals surface area contributed by atoms with Gasteiger partial charge < -0.3 is 13.6 Å². The van der Waals surface area contributed by atoms with E-state index in [0.29, 0.717) is 29.1 Å². The molecule has 0 atom stereocenters. The van der Waals surface area contributed by atoms with E-state index in [1.165, 1.54) is 0 Å². The van der Waals surface area contributed by atoms with E-state index >= 15 is 0 Å². The number of hydrogen-bond acceptors (Lipinski definition) is 4. The Labute approximate surface area is 128 Å². The highest BCUT2D eigenvalue weighted by Gasteiger charge is 2.19. The predicted octanol–water partition coefficient (Wildman–Crippen LogP) is 4.54. The smallest absolute Gasteiger partial charge is 0.235 e. The van der Waals surface area contributed by atoms with Gasteiger partial charge in [0.05, 0.1) is 18.3 Å². The lowest BCUT2D eigenvalue weighted by Crippen LogP contribution is -2.11. The fourth-order valence-electron chi connectivity index (χ4n) is 2.31. The molecule has 0 aliphatic rings. The van der Waals surface area contributed by atoms with Crippen molar-refractivity contribution >= 4 is 11.0 Å². The lowest BCUT2D eigenvalue weighted by molar-refractivity contribution is 0.300. The molecule has 0 fully saturated rings. The van der Waals surface area contributed by atoms with Crippen LogP contribution in [0.15, 0.2) is 50.2 Å². The van der Waals surface area contributed by atoms with Crippen molar-refractivity contribution in [2.45, 2.75) is 26.7 Å². The second-order valence-corrected chi connectivity index (χ2v) is 5.27. The number of furan rings is 1. The zero-order valence-corrected chi connectivity index (χ0v) is 12.7. The Balaban J connectivity index is 2.20. The van der Waals surface area contributed by atoms with E-state index in [9.17, 15) is 4.79 Å². The van der Waals surface area contributed by atoms with Crippen LogP contribution in [-0.2, 0) is 0 Å². The summed E-state index contributed by atoms with van der Waals surface area (Å²) in [5, 5.41) is 0.529. The van der Waals surface area contributed by atoms with Crippen molar-refractivity contribution in [3.8, 4) is 17.3 Å². The van der Waals surface area contributed by atoms with E-state index in [1.54, 1.807) is 24.5 Å². The molecule has 0 saturated carbocycles. The largest absolute Gasteiger partial charge is 0.486 e. The molecule has 2 heterocycles. The first-order chi connectivity index (χ1) is 10.7. The van der Waals surface area contributed by atoms with Crippen LogP contribution < -0.4 is 10.2 Å². The van der Waals surface area contributed by atoms with Crippen LogP contribution in [0.4, 0.5) is 0 Å². The fraction of sp³-hybridized carbons (Fsp3) is 0.278. The molecule has 0 aliphatic heterocycles. The highest BCUT2D eigenvalue weighted by molar-refractivity contribution is 5.81. The summed E-state index contributed by atoms with van der Waals surface area (Å²) in [6.07, 6.45) is 3.42. The van der Waals surface area contributed by atoms with Crippen molar-refractivity contribution in [1.82, 2.24) is 0 Å². The molecule has 0 spiro atoms. The summed E-state index contributed by atoms with van der Waals surface area (Å²) in [5.41, 5.74) is 1.38. The maximum absolute atomic E-state index is 12.8. The lowest BCUT2D eigenvalue weighted by atomic mass is 10.1. The Morgan fingerprint density at radius 1 is 1.23 bits per heavy atom. The molecule has 0 bridgehead atoms. The number of rotatable bonds is 5. The highest BCUT2D eigenvalue weighted by Crippen LogP contribution is 2.31. The topological polar surface area (TPSA) is 52.6 Å². The molecule has 1 aromatic carbocycles. The summed E-state index contributed by atoms with van der Waals surface area (Å²) in [7, 11) is 0. The van der Waals surface area contributed by atoms with Crippen molar-refractivity contribution in [3.63, 3.8) is 0 Å². The Hall–Kier alpha value is -2.49. The third-order valence-electron chi connectivity index (χ3n) is 3.49. The average molecular weight is 298 g/mol. The first-order valence-electron chi connectivity index (χ1n) is 7.45. The van der Waals surface area contributed by atoms with E-state index in [2.05, 4.69) is 6.92 Å². The molecule has 2 aromatic heterocycles. The summed E-state index contributed by atoms with van der Waals surface area (Å²) >= 11 is 0. The van der Waals surface area contributed by atoms with Crippen LogP contribution in [0.5, 0.6) is 5.75 Å². The minimum absolute atomic E-state index is 0.160. The first kappa shape index (κ1) is 14.4. The number of unbranched alkanes of at least 4 members (excludes halogenated alkanes) is 1. The number of ether oxygens (including phenoxy) is 1. The van der Waals surface area contributed by atoms with E-state index < -0.39 is 0 Å². The third-order valence-corrected chi connectivity index (χ3v) is 3.49. The summed E-state index contributed by atoms with van der Waals surface area (Å²) < 4.78 is 17.0. The lowest BCUT2D eigenvalue weighted by Gasteiger charge is -2.10. The molecular formula is C18H18O4. The minimum atomic E-state index is -0.160. The summed E-state index contributed by atoms with van der Waals surface area (Å²) in [5.74, 6) is 1.06. The zero-order valence-electron chi connectivity index (χ0n) is 12.7. The molecule has 0 radical (unpaired) electrons. The predicted molar refractivity (Wildman–Crippen MR) is 85.3 cm³/mol. The van der Waals surface area contributed by atoms with E-state index in [4.69, 9.17) is 13.6 Å². The number of fused-ring (bicyclic) bond motifs is 1. The molecule has 4 nitrogen and oxygen atoms in total. The van der Waals surface area contributed by atoms with Gasteiger partial charge in [-0.15, -0.1) is 0 Å². The van der Waals surface area contributed by atoms with Crippen LogP contribution in [-0.4, -0.2) is 6.61 Å². The van der Waals surface area contributed by atoms with Gasteiger partial charge in [0.15, 0.2) is 5.76 Å². The number of aryl methyl sites for hydroxylation is 1. The van der Waals surface area contributed by atoms with Gasteiger partial charge in [0.2, 0.25) is 16.9 Å². The second-order valence-electron chi connectivity index (χ2n) is 5.27. The van der Waals surface area contributed by atoms with Crippen LogP contribution >= 0.6 is 0 Å².